The molecule has 0 saturated heterocycles. The highest BCUT2D eigenvalue weighted by Gasteiger charge is 2.18. The predicted octanol–water partition coefficient (Wildman–Crippen LogP) is 4.43. The average Bonchev–Trinajstić information content (AvgIpc) is 3.21. The number of aryl methyl sites for hydroxylation is 2. The van der Waals surface area contributed by atoms with Gasteiger partial charge in [-0.15, -0.1) is 16.4 Å². The number of benzene rings is 1. The fourth-order valence-corrected chi connectivity index (χ4v) is 4.40. The SMILES string of the molecule is O=C(Nc1n[nH]c(-c2cccc(Br)c2)n1)c1cc2c(s1)CCCC2. The van der Waals surface area contributed by atoms with E-state index < -0.39 is 0 Å². The van der Waals surface area contributed by atoms with Crippen LogP contribution < -0.4 is 5.32 Å². The van der Waals surface area contributed by atoms with Crippen LogP contribution in [0, 0.1) is 0 Å². The number of anilines is 1. The molecule has 0 unspecified atom stereocenters. The van der Waals surface area contributed by atoms with Crippen molar-refractivity contribution in [3.05, 3.63) is 50.1 Å². The van der Waals surface area contributed by atoms with Gasteiger partial charge in [0.15, 0.2) is 5.82 Å². The number of fused-ring (bicyclic) bond motifs is 1. The summed E-state index contributed by atoms with van der Waals surface area (Å²) in [4.78, 5) is 18.9. The molecule has 0 bridgehead atoms. The Morgan fingerprint density at radius 3 is 2.96 bits per heavy atom. The van der Waals surface area contributed by atoms with Gasteiger partial charge in [-0.3, -0.25) is 15.2 Å². The van der Waals surface area contributed by atoms with Crippen LogP contribution in [0.5, 0.6) is 0 Å². The molecule has 0 radical (unpaired) electrons. The molecule has 0 saturated carbocycles. The third-order valence-corrected chi connectivity index (χ3v) is 5.76. The van der Waals surface area contributed by atoms with Gasteiger partial charge in [0, 0.05) is 14.9 Å². The second kappa shape index (κ2) is 6.49. The van der Waals surface area contributed by atoms with Gasteiger partial charge in [0.25, 0.3) is 5.91 Å². The molecule has 5 nitrogen and oxygen atoms in total. The molecule has 0 aliphatic heterocycles. The molecular formula is C17H15BrN4OS. The second-order valence-electron chi connectivity index (χ2n) is 5.74. The highest BCUT2D eigenvalue weighted by Crippen LogP contribution is 2.30. The summed E-state index contributed by atoms with van der Waals surface area (Å²) in [6, 6.07) is 9.76. The lowest BCUT2D eigenvalue weighted by atomic mass is 9.99. The highest BCUT2D eigenvalue weighted by atomic mass is 79.9. The number of halogens is 1. The van der Waals surface area contributed by atoms with Crippen LogP contribution in [0.1, 0.15) is 33.0 Å². The number of amides is 1. The van der Waals surface area contributed by atoms with E-state index in [4.69, 9.17) is 0 Å². The van der Waals surface area contributed by atoms with Crippen LogP contribution >= 0.6 is 27.3 Å². The molecule has 1 aliphatic rings. The van der Waals surface area contributed by atoms with Gasteiger partial charge in [-0.2, -0.15) is 4.98 Å². The topological polar surface area (TPSA) is 70.7 Å². The summed E-state index contributed by atoms with van der Waals surface area (Å²) in [5.74, 6) is 0.771. The number of thiophene rings is 1. The van der Waals surface area contributed by atoms with Crippen molar-refractivity contribution in [1.82, 2.24) is 15.2 Å². The monoisotopic (exact) mass is 402 g/mol. The first-order valence-electron chi connectivity index (χ1n) is 7.80. The standard InChI is InChI=1S/C17H15BrN4OS/c18-12-6-3-5-11(8-12)15-19-17(22-21-15)20-16(23)14-9-10-4-1-2-7-13(10)24-14/h3,5-6,8-9H,1-2,4,7H2,(H2,19,20,21,22,23). The average molecular weight is 403 g/mol. The lowest BCUT2D eigenvalue weighted by molar-refractivity contribution is 0.102. The number of aromatic nitrogens is 3. The maximum absolute atomic E-state index is 12.4. The van der Waals surface area contributed by atoms with Crippen molar-refractivity contribution in [2.24, 2.45) is 0 Å². The molecule has 7 heteroatoms. The molecule has 24 heavy (non-hydrogen) atoms. The van der Waals surface area contributed by atoms with Crippen molar-refractivity contribution in [3.63, 3.8) is 0 Å². The first-order chi connectivity index (χ1) is 11.7. The lowest BCUT2D eigenvalue weighted by Crippen LogP contribution is -2.11. The normalized spacial score (nSPS) is 13.5. The lowest BCUT2D eigenvalue weighted by Gasteiger charge is -2.08. The van der Waals surface area contributed by atoms with Crippen molar-refractivity contribution in [3.8, 4) is 11.4 Å². The number of nitrogens with zero attached hydrogens (tertiary/aromatic N) is 2. The second-order valence-corrected chi connectivity index (χ2v) is 7.79. The molecule has 1 aliphatic carbocycles. The number of hydrogen-bond acceptors (Lipinski definition) is 4. The Morgan fingerprint density at radius 1 is 1.25 bits per heavy atom. The summed E-state index contributed by atoms with van der Waals surface area (Å²) in [6.45, 7) is 0. The van der Waals surface area contributed by atoms with Crippen molar-refractivity contribution in [1.29, 1.82) is 0 Å². The Labute approximate surface area is 151 Å². The zero-order valence-corrected chi connectivity index (χ0v) is 15.2. The van der Waals surface area contributed by atoms with E-state index in [1.807, 2.05) is 30.3 Å². The van der Waals surface area contributed by atoms with Gasteiger partial charge in [0.2, 0.25) is 5.95 Å². The van der Waals surface area contributed by atoms with Crippen LogP contribution in [0.4, 0.5) is 5.95 Å². The minimum atomic E-state index is -0.144. The number of rotatable bonds is 3. The minimum absolute atomic E-state index is 0.144. The van der Waals surface area contributed by atoms with Gasteiger partial charge in [0.05, 0.1) is 4.88 Å². The molecule has 2 heterocycles. The third kappa shape index (κ3) is 3.14. The van der Waals surface area contributed by atoms with Crippen LogP contribution in [0.2, 0.25) is 0 Å². The van der Waals surface area contributed by atoms with Crippen LogP contribution in [0.15, 0.2) is 34.8 Å². The van der Waals surface area contributed by atoms with E-state index in [0.29, 0.717) is 11.8 Å². The Morgan fingerprint density at radius 2 is 2.12 bits per heavy atom. The molecule has 4 rings (SSSR count). The van der Waals surface area contributed by atoms with Gasteiger partial charge in [-0.1, -0.05) is 28.1 Å². The van der Waals surface area contributed by atoms with E-state index >= 15 is 0 Å². The zero-order valence-electron chi connectivity index (χ0n) is 12.8. The fraction of sp³-hybridized carbons (Fsp3) is 0.235. The molecule has 2 N–H and O–H groups in total. The molecule has 0 atom stereocenters. The van der Waals surface area contributed by atoms with Gasteiger partial charge in [0.1, 0.15) is 0 Å². The van der Waals surface area contributed by atoms with Gasteiger partial charge in [-0.25, -0.2) is 0 Å². The van der Waals surface area contributed by atoms with E-state index in [1.54, 1.807) is 11.3 Å². The smallest absolute Gasteiger partial charge is 0.268 e. The number of carbonyl (C=O) groups excluding carboxylic acids is 1. The van der Waals surface area contributed by atoms with Crippen LogP contribution in [0.25, 0.3) is 11.4 Å². The highest BCUT2D eigenvalue weighted by molar-refractivity contribution is 9.10. The third-order valence-electron chi connectivity index (χ3n) is 4.03. The van der Waals surface area contributed by atoms with Crippen molar-refractivity contribution in [2.45, 2.75) is 25.7 Å². The number of aromatic amines is 1. The molecule has 1 aromatic carbocycles. The largest absolute Gasteiger partial charge is 0.288 e. The molecule has 0 fully saturated rings. The van der Waals surface area contributed by atoms with Gasteiger partial charge >= 0.3 is 0 Å². The Balaban J connectivity index is 1.51. The van der Waals surface area contributed by atoms with Crippen LogP contribution in [-0.4, -0.2) is 21.1 Å². The van der Waals surface area contributed by atoms with Crippen LogP contribution in [0.3, 0.4) is 0 Å². The molecule has 3 aromatic rings. The van der Waals surface area contributed by atoms with E-state index in [0.717, 1.165) is 27.8 Å². The van der Waals surface area contributed by atoms with Crippen molar-refractivity contribution >= 4 is 39.1 Å². The van der Waals surface area contributed by atoms with Crippen molar-refractivity contribution in [2.75, 3.05) is 5.32 Å². The van der Waals surface area contributed by atoms with E-state index in [2.05, 4.69) is 36.4 Å². The molecular weight excluding hydrogens is 388 g/mol. The zero-order chi connectivity index (χ0) is 16.5. The Kier molecular flexibility index (Phi) is 4.20. The molecule has 122 valence electrons. The summed E-state index contributed by atoms with van der Waals surface area (Å²) in [6.07, 6.45) is 4.58. The molecule has 0 spiro atoms. The number of nitrogens with one attached hydrogen (secondary N) is 2. The first-order valence-corrected chi connectivity index (χ1v) is 9.41. The number of H-pyrrole nitrogens is 1. The Hall–Kier alpha value is -1.99. The van der Waals surface area contributed by atoms with Gasteiger partial charge in [-0.05, 0) is 49.4 Å². The van der Waals surface area contributed by atoms with E-state index in [-0.39, 0.29) is 5.91 Å². The Bertz CT molecular complexity index is 878. The minimum Gasteiger partial charge on any atom is -0.288 e. The maximum Gasteiger partial charge on any atom is 0.268 e. The summed E-state index contributed by atoms with van der Waals surface area (Å²) < 4.78 is 0.964. The van der Waals surface area contributed by atoms with Gasteiger partial charge < -0.3 is 0 Å². The summed E-state index contributed by atoms with van der Waals surface area (Å²) >= 11 is 5.02. The molecule has 2 aromatic heterocycles. The van der Waals surface area contributed by atoms with Crippen LogP contribution in [-0.2, 0) is 12.8 Å². The summed E-state index contributed by atoms with van der Waals surface area (Å²) in [7, 11) is 0. The summed E-state index contributed by atoms with van der Waals surface area (Å²) in [5, 5.41) is 9.73. The number of carbonyl (C=O) groups is 1. The molecule has 1 amide bonds. The summed E-state index contributed by atoms with van der Waals surface area (Å²) in [5.41, 5.74) is 2.23. The fourth-order valence-electron chi connectivity index (χ4n) is 2.85. The predicted molar refractivity (Wildman–Crippen MR) is 98.4 cm³/mol. The van der Waals surface area contributed by atoms with Crippen molar-refractivity contribution < 1.29 is 4.79 Å². The maximum atomic E-state index is 12.4. The quantitative estimate of drug-likeness (QED) is 0.680. The number of hydrogen-bond donors (Lipinski definition) is 2. The first kappa shape index (κ1) is 15.5. The van der Waals surface area contributed by atoms with E-state index in [9.17, 15) is 4.79 Å². The van der Waals surface area contributed by atoms with E-state index in [1.165, 1.54) is 23.3 Å².